The quantitative estimate of drug-likeness (QED) is 0.466. The zero-order chi connectivity index (χ0) is 21.5. The minimum atomic E-state index is -0.718. The van der Waals surface area contributed by atoms with E-state index in [9.17, 15) is 9.59 Å². The number of hydrazone groups is 1. The van der Waals surface area contributed by atoms with Crippen molar-refractivity contribution in [3.05, 3.63) is 77.9 Å². The molecule has 6 heteroatoms. The second-order valence-corrected chi connectivity index (χ2v) is 7.20. The van der Waals surface area contributed by atoms with E-state index in [4.69, 9.17) is 4.74 Å². The van der Waals surface area contributed by atoms with Crippen LogP contribution in [0.3, 0.4) is 0 Å². The maximum absolute atomic E-state index is 12.7. The van der Waals surface area contributed by atoms with Crippen molar-refractivity contribution in [3.8, 4) is 5.75 Å². The van der Waals surface area contributed by atoms with Gasteiger partial charge in [-0.3, -0.25) is 9.59 Å². The lowest BCUT2D eigenvalue weighted by Crippen LogP contribution is -2.48. The van der Waals surface area contributed by atoms with Gasteiger partial charge in [0.25, 0.3) is 11.8 Å². The average Bonchev–Trinajstić information content (AvgIpc) is 2.77. The molecule has 0 aliphatic carbocycles. The number of amides is 2. The fraction of sp³-hybridized carbons (Fsp3) is 0.208. The standard InChI is InChI=1S/C24H25N3O3/c1-16(2)22(26-23(28)18-10-5-4-6-11-18)24(29)27-25-15-20-19-12-8-7-9-17(19)13-14-21(20)30-3/h4-16,22H,1-3H3,(H,26,28)(H,27,29)/b25-15+. The number of ether oxygens (including phenoxy) is 1. The normalized spacial score (nSPS) is 12.1. The van der Waals surface area contributed by atoms with Gasteiger partial charge in [0, 0.05) is 11.1 Å². The smallest absolute Gasteiger partial charge is 0.262 e. The highest BCUT2D eigenvalue weighted by Crippen LogP contribution is 2.26. The van der Waals surface area contributed by atoms with Gasteiger partial charge >= 0.3 is 0 Å². The Morgan fingerprint density at radius 1 is 0.967 bits per heavy atom. The lowest BCUT2D eigenvalue weighted by atomic mass is 10.0. The van der Waals surface area contributed by atoms with Crippen LogP contribution in [0.25, 0.3) is 10.8 Å². The summed E-state index contributed by atoms with van der Waals surface area (Å²) in [5, 5.41) is 8.92. The van der Waals surface area contributed by atoms with Crippen molar-refractivity contribution in [3.63, 3.8) is 0 Å². The number of hydrogen-bond donors (Lipinski definition) is 2. The van der Waals surface area contributed by atoms with Gasteiger partial charge in [-0.2, -0.15) is 5.10 Å². The molecule has 0 aliphatic heterocycles. The van der Waals surface area contributed by atoms with Crippen molar-refractivity contribution in [1.29, 1.82) is 0 Å². The molecule has 0 aromatic heterocycles. The number of benzene rings is 3. The van der Waals surface area contributed by atoms with Crippen LogP contribution in [0.2, 0.25) is 0 Å². The van der Waals surface area contributed by atoms with Crippen molar-refractivity contribution in [2.45, 2.75) is 19.9 Å². The number of nitrogens with one attached hydrogen (secondary N) is 2. The Balaban J connectivity index is 1.75. The molecule has 0 aliphatic rings. The van der Waals surface area contributed by atoms with Crippen LogP contribution in [0.5, 0.6) is 5.75 Å². The van der Waals surface area contributed by atoms with Gasteiger partial charge in [0.1, 0.15) is 11.8 Å². The summed E-state index contributed by atoms with van der Waals surface area (Å²) in [6, 6.07) is 19.8. The first-order valence-corrected chi connectivity index (χ1v) is 9.76. The third-order valence-corrected chi connectivity index (χ3v) is 4.79. The minimum absolute atomic E-state index is 0.111. The van der Waals surface area contributed by atoms with Crippen LogP contribution in [-0.4, -0.2) is 31.2 Å². The molecule has 30 heavy (non-hydrogen) atoms. The van der Waals surface area contributed by atoms with Crippen molar-refractivity contribution in [2.24, 2.45) is 11.0 Å². The predicted octanol–water partition coefficient (Wildman–Crippen LogP) is 3.75. The highest BCUT2D eigenvalue weighted by Gasteiger charge is 2.24. The Morgan fingerprint density at radius 3 is 2.37 bits per heavy atom. The molecule has 0 spiro atoms. The van der Waals surface area contributed by atoms with Crippen molar-refractivity contribution >= 4 is 28.8 Å². The molecule has 1 atom stereocenters. The zero-order valence-electron chi connectivity index (χ0n) is 17.3. The molecule has 6 nitrogen and oxygen atoms in total. The van der Waals surface area contributed by atoms with E-state index in [0.717, 1.165) is 16.3 Å². The Morgan fingerprint density at radius 2 is 1.67 bits per heavy atom. The summed E-state index contributed by atoms with van der Waals surface area (Å²) in [7, 11) is 1.59. The zero-order valence-corrected chi connectivity index (χ0v) is 17.3. The van der Waals surface area contributed by atoms with E-state index in [-0.39, 0.29) is 17.7 Å². The monoisotopic (exact) mass is 403 g/mol. The first kappa shape index (κ1) is 21.0. The van der Waals surface area contributed by atoms with Crippen LogP contribution in [0.4, 0.5) is 0 Å². The van der Waals surface area contributed by atoms with E-state index in [0.29, 0.717) is 11.3 Å². The second-order valence-electron chi connectivity index (χ2n) is 7.20. The summed E-state index contributed by atoms with van der Waals surface area (Å²) < 4.78 is 5.44. The second kappa shape index (κ2) is 9.69. The Kier molecular flexibility index (Phi) is 6.80. The van der Waals surface area contributed by atoms with Gasteiger partial charge < -0.3 is 10.1 Å². The molecule has 0 heterocycles. The molecule has 0 bridgehead atoms. The molecule has 0 radical (unpaired) electrons. The van der Waals surface area contributed by atoms with Gasteiger partial charge in [0.05, 0.1) is 13.3 Å². The van der Waals surface area contributed by atoms with Crippen LogP contribution in [0.15, 0.2) is 71.8 Å². The van der Waals surface area contributed by atoms with Gasteiger partial charge in [-0.15, -0.1) is 0 Å². The largest absolute Gasteiger partial charge is 0.496 e. The van der Waals surface area contributed by atoms with Crippen LogP contribution >= 0.6 is 0 Å². The van der Waals surface area contributed by atoms with Crippen LogP contribution in [0.1, 0.15) is 29.8 Å². The van der Waals surface area contributed by atoms with Crippen molar-refractivity contribution in [2.75, 3.05) is 7.11 Å². The fourth-order valence-corrected chi connectivity index (χ4v) is 3.17. The van der Waals surface area contributed by atoms with E-state index in [1.54, 1.807) is 37.6 Å². The topological polar surface area (TPSA) is 79.8 Å². The van der Waals surface area contributed by atoms with E-state index in [2.05, 4.69) is 15.8 Å². The highest BCUT2D eigenvalue weighted by molar-refractivity contribution is 6.03. The summed E-state index contributed by atoms with van der Waals surface area (Å²) >= 11 is 0. The van der Waals surface area contributed by atoms with Gasteiger partial charge in [0.2, 0.25) is 0 Å². The maximum atomic E-state index is 12.7. The number of rotatable bonds is 7. The maximum Gasteiger partial charge on any atom is 0.262 e. The van der Waals surface area contributed by atoms with Crippen molar-refractivity contribution < 1.29 is 14.3 Å². The minimum Gasteiger partial charge on any atom is -0.496 e. The van der Waals surface area contributed by atoms with Gasteiger partial charge in [0.15, 0.2) is 0 Å². The molecule has 0 fully saturated rings. The number of nitrogens with zero attached hydrogens (tertiary/aromatic N) is 1. The third-order valence-electron chi connectivity index (χ3n) is 4.79. The highest BCUT2D eigenvalue weighted by atomic mass is 16.5. The van der Waals surface area contributed by atoms with Crippen LogP contribution in [0, 0.1) is 5.92 Å². The molecule has 0 saturated carbocycles. The Labute approximate surface area is 175 Å². The van der Waals surface area contributed by atoms with E-state index >= 15 is 0 Å². The van der Waals surface area contributed by atoms with E-state index in [1.165, 1.54) is 0 Å². The molecule has 0 saturated heterocycles. The lowest BCUT2D eigenvalue weighted by molar-refractivity contribution is -0.123. The number of methoxy groups -OCH3 is 1. The molecule has 3 aromatic carbocycles. The Hall–Kier alpha value is -3.67. The summed E-state index contributed by atoms with van der Waals surface area (Å²) in [5.41, 5.74) is 3.81. The molecule has 1 unspecified atom stereocenters. The lowest BCUT2D eigenvalue weighted by Gasteiger charge is -2.20. The number of hydrogen-bond acceptors (Lipinski definition) is 4. The predicted molar refractivity (Wildman–Crippen MR) is 119 cm³/mol. The molecule has 2 N–H and O–H groups in total. The summed E-state index contributed by atoms with van der Waals surface area (Å²) in [5.74, 6) is -0.140. The number of fused-ring (bicyclic) bond motifs is 1. The van der Waals surface area contributed by atoms with Crippen LogP contribution in [-0.2, 0) is 4.79 Å². The molecule has 3 aromatic rings. The summed E-state index contributed by atoms with van der Waals surface area (Å²) in [4.78, 5) is 25.1. The summed E-state index contributed by atoms with van der Waals surface area (Å²) in [6.07, 6.45) is 1.56. The summed E-state index contributed by atoms with van der Waals surface area (Å²) in [6.45, 7) is 3.74. The van der Waals surface area contributed by atoms with Crippen molar-refractivity contribution in [1.82, 2.24) is 10.7 Å². The Bertz CT molecular complexity index is 1060. The van der Waals surface area contributed by atoms with Gasteiger partial charge in [-0.25, -0.2) is 5.43 Å². The molecular weight excluding hydrogens is 378 g/mol. The molecule has 2 amide bonds. The first-order valence-electron chi connectivity index (χ1n) is 9.76. The number of carbonyl (C=O) groups excluding carboxylic acids is 2. The SMILES string of the molecule is COc1ccc2ccccc2c1/C=N/NC(=O)C(NC(=O)c1ccccc1)C(C)C. The van der Waals surface area contributed by atoms with Gasteiger partial charge in [-0.05, 0) is 34.9 Å². The van der Waals surface area contributed by atoms with E-state index in [1.807, 2.05) is 56.3 Å². The van der Waals surface area contributed by atoms with Gasteiger partial charge in [-0.1, -0.05) is 62.4 Å². The fourth-order valence-electron chi connectivity index (χ4n) is 3.17. The van der Waals surface area contributed by atoms with Crippen LogP contribution < -0.4 is 15.5 Å². The average molecular weight is 403 g/mol. The number of carbonyl (C=O) groups is 2. The molecular formula is C24H25N3O3. The third kappa shape index (κ3) is 4.84. The first-order chi connectivity index (χ1) is 14.5. The molecule has 3 rings (SSSR count). The van der Waals surface area contributed by atoms with E-state index < -0.39 is 6.04 Å². The molecule has 154 valence electrons.